The van der Waals surface area contributed by atoms with Gasteiger partial charge in [-0.1, -0.05) is 18.5 Å². The first-order chi connectivity index (χ1) is 7.40. The van der Waals surface area contributed by atoms with Gasteiger partial charge in [-0.3, -0.25) is 4.68 Å². The molecule has 0 spiro atoms. The van der Waals surface area contributed by atoms with Crippen molar-refractivity contribution in [2.75, 3.05) is 0 Å². The molecule has 1 atom stereocenters. The molecule has 1 aromatic rings. The smallest absolute Gasteiger partial charge is 0.328 e. The predicted molar refractivity (Wildman–Crippen MR) is 53.9 cm³/mol. The van der Waals surface area contributed by atoms with Crippen LogP contribution in [0, 0.1) is 6.92 Å². The van der Waals surface area contributed by atoms with Gasteiger partial charge in [0, 0.05) is 0 Å². The molecule has 0 saturated heterocycles. The van der Waals surface area contributed by atoms with E-state index < -0.39 is 24.1 Å². The number of carbonyl (C=O) groups is 1. The average molecular weight is 253 g/mol. The number of hydrogen-bond donors (Lipinski definition) is 1. The lowest BCUT2D eigenvalue weighted by molar-refractivity contribution is -0.141. The standard InChI is InChI=1S/C9H11ClF2N2O2/c1-3-5(9(15)16)14-4(2)6(10)7(13-14)8(11)12/h5,8H,3H2,1-2H3,(H,15,16)/t5-/m0/s1. The zero-order valence-corrected chi connectivity index (χ0v) is 9.50. The van der Waals surface area contributed by atoms with Crippen LogP contribution in [-0.4, -0.2) is 20.9 Å². The van der Waals surface area contributed by atoms with Crippen molar-refractivity contribution in [3.8, 4) is 0 Å². The normalized spacial score (nSPS) is 13.1. The second-order valence-corrected chi connectivity index (χ2v) is 3.67. The highest BCUT2D eigenvalue weighted by atomic mass is 35.5. The van der Waals surface area contributed by atoms with Gasteiger partial charge in [0.25, 0.3) is 6.43 Å². The van der Waals surface area contributed by atoms with Crippen LogP contribution >= 0.6 is 11.6 Å². The number of carboxylic acid groups (broad SMARTS) is 1. The van der Waals surface area contributed by atoms with Crippen LogP contribution in [0.5, 0.6) is 0 Å². The molecule has 0 aliphatic rings. The third-order valence-corrected chi connectivity index (χ3v) is 2.74. The lowest BCUT2D eigenvalue weighted by Gasteiger charge is -2.12. The Kier molecular flexibility index (Phi) is 3.85. The molecule has 1 aromatic heterocycles. The van der Waals surface area contributed by atoms with Gasteiger partial charge in [-0.25, -0.2) is 13.6 Å². The number of nitrogens with zero attached hydrogens (tertiary/aromatic N) is 2. The van der Waals surface area contributed by atoms with E-state index in [4.69, 9.17) is 16.7 Å². The largest absolute Gasteiger partial charge is 0.480 e. The van der Waals surface area contributed by atoms with Crippen molar-refractivity contribution in [2.45, 2.75) is 32.7 Å². The summed E-state index contributed by atoms with van der Waals surface area (Å²) < 4.78 is 26.0. The maximum atomic E-state index is 12.5. The van der Waals surface area contributed by atoms with E-state index in [-0.39, 0.29) is 17.1 Å². The molecule has 0 aliphatic heterocycles. The zero-order chi connectivity index (χ0) is 12.5. The molecule has 0 amide bonds. The van der Waals surface area contributed by atoms with Crippen molar-refractivity contribution >= 4 is 17.6 Å². The molecular weight excluding hydrogens is 242 g/mol. The van der Waals surface area contributed by atoms with Crippen LogP contribution in [0.4, 0.5) is 8.78 Å². The summed E-state index contributed by atoms with van der Waals surface area (Å²) in [6.07, 6.45) is -2.56. The van der Waals surface area contributed by atoms with Crippen molar-refractivity contribution in [3.63, 3.8) is 0 Å². The Balaban J connectivity index is 3.24. The first-order valence-electron chi connectivity index (χ1n) is 4.65. The second kappa shape index (κ2) is 4.78. The number of aromatic nitrogens is 2. The molecule has 0 saturated carbocycles. The monoisotopic (exact) mass is 252 g/mol. The van der Waals surface area contributed by atoms with Crippen molar-refractivity contribution in [2.24, 2.45) is 0 Å². The number of alkyl halides is 2. The van der Waals surface area contributed by atoms with Crippen LogP contribution < -0.4 is 0 Å². The quantitative estimate of drug-likeness (QED) is 0.896. The Hall–Kier alpha value is -1.17. The summed E-state index contributed by atoms with van der Waals surface area (Å²) in [5, 5.41) is 12.3. The Morgan fingerprint density at radius 1 is 1.62 bits per heavy atom. The van der Waals surface area contributed by atoms with E-state index in [2.05, 4.69) is 5.10 Å². The fourth-order valence-electron chi connectivity index (χ4n) is 1.42. The van der Waals surface area contributed by atoms with Crippen molar-refractivity contribution in [3.05, 3.63) is 16.4 Å². The molecule has 4 nitrogen and oxygen atoms in total. The van der Waals surface area contributed by atoms with Crippen molar-refractivity contribution in [1.82, 2.24) is 9.78 Å². The summed E-state index contributed by atoms with van der Waals surface area (Å²) in [6, 6.07) is -0.968. The minimum atomic E-state index is -2.81. The van der Waals surface area contributed by atoms with Crippen LogP contribution in [0.15, 0.2) is 0 Å². The molecule has 0 fully saturated rings. The van der Waals surface area contributed by atoms with Gasteiger partial charge in [0.15, 0.2) is 0 Å². The maximum Gasteiger partial charge on any atom is 0.328 e. The minimum absolute atomic E-state index is 0.172. The third kappa shape index (κ3) is 2.16. The zero-order valence-electron chi connectivity index (χ0n) is 8.75. The van der Waals surface area contributed by atoms with Crippen LogP contribution in [0.2, 0.25) is 5.02 Å². The van der Waals surface area contributed by atoms with Gasteiger partial charge in [0.2, 0.25) is 0 Å². The molecule has 0 bridgehead atoms. The molecular formula is C9H11ClF2N2O2. The van der Waals surface area contributed by atoms with Crippen molar-refractivity contribution in [1.29, 1.82) is 0 Å². The number of aliphatic carboxylic acids is 1. The SMILES string of the molecule is CC[C@@H](C(=O)O)n1nc(C(F)F)c(Cl)c1C. The van der Waals surface area contributed by atoms with Crippen LogP contribution in [0.3, 0.4) is 0 Å². The van der Waals surface area contributed by atoms with E-state index in [1.807, 2.05) is 0 Å². The number of rotatable bonds is 4. The van der Waals surface area contributed by atoms with Gasteiger partial charge in [0.05, 0.1) is 10.7 Å². The molecule has 90 valence electrons. The molecule has 16 heavy (non-hydrogen) atoms. The third-order valence-electron chi connectivity index (χ3n) is 2.28. The summed E-state index contributed by atoms with van der Waals surface area (Å²) in [7, 11) is 0. The van der Waals surface area contributed by atoms with Crippen molar-refractivity contribution < 1.29 is 18.7 Å². The van der Waals surface area contributed by atoms with E-state index in [0.717, 1.165) is 4.68 Å². The fourth-order valence-corrected chi connectivity index (χ4v) is 1.62. The Morgan fingerprint density at radius 3 is 2.50 bits per heavy atom. The fraction of sp³-hybridized carbons (Fsp3) is 0.556. The molecule has 7 heteroatoms. The Bertz CT molecular complexity index is 406. The molecule has 1 N–H and O–H groups in total. The van der Waals surface area contributed by atoms with E-state index in [1.165, 1.54) is 6.92 Å². The van der Waals surface area contributed by atoms with Crippen LogP contribution in [0.25, 0.3) is 0 Å². The van der Waals surface area contributed by atoms with E-state index in [1.54, 1.807) is 6.92 Å². The highest BCUT2D eigenvalue weighted by Gasteiger charge is 2.26. The number of hydrogen-bond acceptors (Lipinski definition) is 2. The molecule has 0 radical (unpaired) electrons. The lowest BCUT2D eigenvalue weighted by Crippen LogP contribution is -2.20. The summed E-state index contributed by atoms with van der Waals surface area (Å²) >= 11 is 5.66. The lowest BCUT2D eigenvalue weighted by atomic mass is 10.2. The van der Waals surface area contributed by atoms with Gasteiger partial charge >= 0.3 is 5.97 Å². The summed E-state index contributed by atoms with van der Waals surface area (Å²) in [5.41, 5.74) is -0.329. The van der Waals surface area contributed by atoms with Gasteiger partial charge in [-0.05, 0) is 13.3 Å². The molecule has 0 aliphatic carbocycles. The molecule has 1 rings (SSSR count). The first kappa shape index (κ1) is 12.9. The van der Waals surface area contributed by atoms with Crippen LogP contribution in [0.1, 0.15) is 37.2 Å². The van der Waals surface area contributed by atoms with Gasteiger partial charge < -0.3 is 5.11 Å². The summed E-state index contributed by atoms with van der Waals surface area (Å²) in [5.74, 6) is -1.12. The average Bonchev–Trinajstić information content (AvgIpc) is 2.47. The highest BCUT2D eigenvalue weighted by molar-refractivity contribution is 6.31. The predicted octanol–water partition coefficient (Wildman–Crippen LogP) is 2.82. The number of halogens is 3. The molecule has 1 heterocycles. The minimum Gasteiger partial charge on any atom is -0.480 e. The van der Waals surface area contributed by atoms with Gasteiger partial charge in [0.1, 0.15) is 11.7 Å². The number of carboxylic acids is 1. The molecule has 0 aromatic carbocycles. The maximum absolute atomic E-state index is 12.5. The summed E-state index contributed by atoms with van der Waals surface area (Å²) in [4.78, 5) is 10.9. The second-order valence-electron chi connectivity index (χ2n) is 3.29. The topological polar surface area (TPSA) is 55.1 Å². The Labute approximate surface area is 95.8 Å². The highest BCUT2D eigenvalue weighted by Crippen LogP contribution is 2.30. The summed E-state index contributed by atoms with van der Waals surface area (Å²) in [6.45, 7) is 3.10. The van der Waals surface area contributed by atoms with Crippen LogP contribution in [-0.2, 0) is 4.79 Å². The van der Waals surface area contributed by atoms with E-state index in [0.29, 0.717) is 0 Å². The van der Waals surface area contributed by atoms with Gasteiger partial charge in [-0.2, -0.15) is 5.10 Å². The van der Waals surface area contributed by atoms with Gasteiger partial charge in [-0.15, -0.1) is 0 Å². The van der Waals surface area contributed by atoms with E-state index >= 15 is 0 Å². The van der Waals surface area contributed by atoms with E-state index in [9.17, 15) is 13.6 Å². The first-order valence-corrected chi connectivity index (χ1v) is 5.03. The molecule has 0 unspecified atom stereocenters. The Morgan fingerprint density at radius 2 is 2.19 bits per heavy atom.